The normalized spacial score (nSPS) is 12.6. The third-order valence-corrected chi connectivity index (χ3v) is 3.65. The molecule has 2 rings (SSSR count). The van der Waals surface area contributed by atoms with E-state index in [1.54, 1.807) is 6.07 Å². The molecule has 0 saturated heterocycles. The quantitative estimate of drug-likeness (QED) is 0.585. The Morgan fingerprint density at radius 3 is 2.59 bits per heavy atom. The molecule has 10 heteroatoms. The molecule has 7 nitrogen and oxygen atoms in total. The SMILES string of the molecule is Cn1nc(C(C)(F)F)cc1-c1cc[n+](CCS(=O)(=O)[O-])nc1. The average Bonchev–Trinajstić information content (AvgIpc) is 2.78. The van der Waals surface area contributed by atoms with Crippen molar-refractivity contribution in [1.82, 2.24) is 14.9 Å². The van der Waals surface area contributed by atoms with Crippen molar-refractivity contribution in [3.63, 3.8) is 0 Å². The number of rotatable bonds is 5. The molecule has 0 fully saturated rings. The lowest BCUT2D eigenvalue weighted by Gasteiger charge is -2.03. The first kappa shape index (κ1) is 16.4. The third-order valence-electron chi connectivity index (χ3n) is 2.97. The predicted molar refractivity (Wildman–Crippen MR) is 70.8 cm³/mol. The van der Waals surface area contributed by atoms with Crippen molar-refractivity contribution < 1.29 is 26.4 Å². The van der Waals surface area contributed by atoms with E-state index in [4.69, 9.17) is 0 Å². The highest BCUT2D eigenvalue weighted by Gasteiger charge is 2.29. The highest BCUT2D eigenvalue weighted by molar-refractivity contribution is 7.85. The Labute approximate surface area is 125 Å². The van der Waals surface area contributed by atoms with Crippen LogP contribution in [0.1, 0.15) is 12.6 Å². The fraction of sp³-hybridized carbons (Fsp3) is 0.417. The number of aryl methyl sites for hydroxylation is 2. The van der Waals surface area contributed by atoms with Gasteiger partial charge in [0.15, 0.2) is 12.7 Å². The van der Waals surface area contributed by atoms with Gasteiger partial charge in [-0.2, -0.15) is 13.9 Å². The molecule has 2 heterocycles. The van der Waals surface area contributed by atoms with Gasteiger partial charge in [0.05, 0.1) is 11.4 Å². The third kappa shape index (κ3) is 4.04. The lowest BCUT2D eigenvalue weighted by Crippen LogP contribution is -2.40. The zero-order chi connectivity index (χ0) is 16.5. The number of alkyl halides is 2. The summed E-state index contributed by atoms with van der Waals surface area (Å²) in [7, 11) is -2.78. The van der Waals surface area contributed by atoms with Crippen molar-refractivity contribution in [3.8, 4) is 11.3 Å². The maximum atomic E-state index is 13.3. The zero-order valence-electron chi connectivity index (χ0n) is 11.9. The van der Waals surface area contributed by atoms with Gasteiger partial charge in [-0.25, -0.2) is 8.42 Å². The molecule has 0 aromatic carbocycles. The van der Waals surface area contributed by atoms with Crippen molar-refractivity contribution in [2.24, 2.45) is 7.05 Å². The second kappa shape index (κ2) is 5.69. The summed E-state index contributed by atoms with van der Waals surface area (Å²) in [5, 5.41) is 7.72. The Kier molecular flexibility index (Phi) is 4.25. The van der Waals surface area contributed by atoms with Crippen LogP contribution in [0.5, 0.6) is 0 Å². The first-order chi connectivity index (χ1) is 10.1. The summed E-state index contributed by atoms with van der Waals surface area (Å²) in [6.45, 7) is 0.690. The molecule has 0 saturated carbocycles. The summed E-state index contributed by atoms with van der Waals surface area (Å²) in [6.07, 6.45) is 2.86. The molecule has 0 radical (unpaired) electrons. The summed E-state index contributed by atoms with van der Waals surface area (Å²) >= 11 is 0. The Balaban J connectivity index is 2.22. The van der Waals surface area contributed by atoms with Crippen LogP contribution in [0.2, 0.25) is 0 Å². The molecule has 0 aliphatic carbocycles. The Bertz CT molecular complexity index is 767. The van der Waals surface area contributed by atoms with E-state index >= 15 is 0 Å². The fourth-order valence-electron chi connectivity index (χ4n) is 1.83. The molecular weight excluding hydrogens is 318 g/mol. The summed E-state index contributed by atoms with van der Waals surface area (Å²) in [6, 6.07) is 2.85. The van der Waals surface area contributed by atoms with Crippen molar-refractivity contribution in [2.45, 2.75) is 19.4 Å². The van der Waals surface area contributed by atoms with Crippen molar-refractivity contribution in [1.29, 1.82) is 0 Å². The molecule has 120 valence electrons. The van der Waals surface area contributed by atoms with Crippen LogP contribution in [0.15, 0.2) is 24.5 Å². The van der Waals surface area contributed by atoms with Gasteiger partial charge < -0.3 is 4.55 Å². The van der Waals surface area contributed by atoms with E-state index in [-0.39, 0.29) is 12.2 Å². The molecule has 0 unspecified atom stereocenters. The van der Waals surface area contributed by atoms with Crippen LogP contribution in [0.25, 0.3) is 11.3 Å². The second-order valence-electron chi connectivity index (χ2n) is 4.87. The number of hydrogen-bond acceptors (Lipinski definition) is 5. The van der Waals surface area contributed by atoms with Crippen LogP contribution in [0, 0.1) is 0 Å². The molecule has 2 aromatic rings. The number of aromatic nitrogens is 4. The van der Waals surface area contributed by atoms with Crippen molar-refractivity contribution in [3.05, 3.63) is 30.2 Å². The van der Waals surface area contributed by atoms with E-state index in [0.29, 0.717) is 11.3 Å². The molecule has 0 spiro atoms. The van der Waals surface area contributed by atoms with Crippen LogP contribution < -0.4 is 4.68 Å². The first-order valence-corrected chi connectivity index (χ1v) is 7.86. The molecular formula is C12H14F2N4O3S. The van der Waals surface area contributed by atoms with E-state index in [0.717, 1.165) is 6.92 Å². The summed E-state index contributed by atoms with van der Waals surface area (Å²) in [5.41, 5.74) is 0.651. The van der Waals surface area contributed by atoms with Gasteiger partial charge in [0.1, 0.15) is 22.0 Å². The van der Waals surface area contributed by atoms with Gasteiger partial charge in [-0.15, -0.1) is 0 Å². The number of hydrogen-bond donors (Lipinski definition) is 0. The summed E-state index contributed by atoms with van der Waals surface area (Å²) in [5.74, 6) is -3.61. The molecule has 0 N–H and O–H groups in total. The van der Waals surface area contributed by atoms with Crippen molar-refractivity contribution in [2.75, 3.05) is 5.75 Å². The number of halogens is 2. The van der Waals surface area contributed by atoms with E-state index < -0.39 is 21.8 Å². The Morgan fingerprint density at radius 1 is 1.45 bits per heavy atom. The molecule has 0 aliphatic heterocycles. The van der Waals surface area contributed by atoms with E-state index in [9.17, 15) is 21.8 Å². The van der Waals surface area contributed by atoms with Gasteiger partial charge in [0.25, 0.3) is 5.92 Å². The van der Waals surface area contributed by atoms with Crippen LogP contribution >= 0.6 is 0 Å². The zero-order valence-corrected chi connectivity index (χ0v) is 12.7. The molecule has 0 atom stereocenters. The van der Waals surface area contributed by atoms with E-state index in [1.807, 2.05) is 0 Å². The summed E-state index contributed by atoms with van der Waals surface area (Å²) < 4.78 is 60.8. The van der Waals surface area contributed by atoms with Gasteiger partial charge in [-0.1, -0.05) is 4.68 Å². The predicted octanol–water partition coefficient (Wildman–Crippen LogP) is 0.426. The van der Waals surface area contributed by atoms with Gasteiger partial charge in [0.2, 0.25) is 0 Å². The standard InChI is InChI=1S/C12H14F2N4O3S/c1-12(13,14)11-7-10(17(2)16-11)9-3-4-18(15-8-9)5-6-22(19,20)21/h3-4,7-8H,5-6H2,1-2H3. The van der Waals surface area contributed by atoms with Gasteiger partial charge >= 0.3 is 0 Å². The minimum absolute atomic E-state index is 0.0736. The van der Waals surface area contributed by atoms with Gasteiger partial charge in [-0.3, -0.25) is 4.68 Å². The topological polar surface area (TPSA) is 91.8 Å². The summed E-state index contributed by atoms with van der Waals surface area (Å²) in [4.78, 5) is 0. The van der Waals surface area contributed by atoms with Gasteiger partial charge in [0, 0.05) is 25.6 Å². The minimum Gasteiger partial charge on any atom is -0.748 e. The highest BCUT2D eigenvalue weighted by Crippen LogP contribution is 2.29. The molecule has 22 heavy (non-hydrogen) atoms. The fourth-order valence-corrected chi connectivity index (χ4v) is 2.24. The monoisotopic (exact) mass is 332 g/mol. The lowest BCUT2D eigenvalue weighted by molar-refractivity contribution is -0.750. The van der Waals surface area contributed by atoms with E-state index in [2.05, 4.69) is 10.2 Å². The van der Waals surface area contributed by atoms with Crippen molar-refractivity contribution >= 4 is 10.1 Å². The largest absolute Gasteiger partial charge is 0.748 e. The molecule has 0 aliphatic rings. The van der Waals surface area contributed by atoms with Crippen LogP contribution in [-0.2, 0) is 29.6 Å². The highest BCUT2D eigenvalue weighted by atomic mass is 32.2. The Hall–Kier alpha value is -1.94. The minimum atomic E-state index is -4.31. The van der Waals surface area contributed by atoms with Crippen LogP contribution in [0.4, 0.5) is 8.78 Å². The maximum absolute atomic E-state index is 13.3. The van der Waals surface area contributed by atoms with E-state index in [1.165, 1.54) is 34.9 Å². The number of nitrogens with zero attached hydrogens (tertiary/aromatic N) is 4. The first-order valence-electron chi connectivity index (χ1n) is 6.28. The lowest BCUT2D eigenvalue weighted by atomic mass is 10.2. The maximum Gasteiger partial charge on any atom is 0.288 e. The smallest absolute Gasteiger partial charge is 0.288 e. The van der Waals surface area contributed by atoms with Crippen LogP contribution in [-0.4, -0.2) is 33.6 Å². The Morgan fingerprint density at radius 2 is 2.14 bits per heavy atom. The second-order valence-corrected chi connectivity index (χ2v) is 6.39. The molecule has 2 aromatic heterocycles. The van der Waals surface area contributed by atoms with Crippen LogP contribution in [0.3, 0.4) is 0 Å². The molecule has 0 amide bonds. The van der Waals surface area contributed by atoms with Gasteiger partial charge in [-0.05, 0) is 11.2 Å². The average molecular weight is 332 g/mol. The molecule has 0 bridgehead atoms.